The van der Waals surface area contributed by atoms with Crippen LogP contribution in [0.1, 0.15) is 52.5 Å². The number of hydrogen-bond acceptors (Lipinski definition) is 2. The highest BCUT2D eigenvalue weighted by molar-refractivity contribution is 5.92. The van der Waals surface area contributed by atoms with Gasteiger partial charge in [-0.15, -0.1) is 0 Å². The van der Waals surface area contributed by atoms with Crippen LogP contribution in [-0.2, 0) is 16.0 Å². The van der Waals surface area contributed by atoms with Gasteiger partial charge in [-0.3, -0.25) is 9.59 Å². The lowest BCUT2D eigenvalue weighted by Gasteiger charge is -2.19. The second-order valence-corrected chi connectivity index (χ2v) is 7.84. The molecule has 4 heteroatoms. The van der Waals surface area contributed by atoms with Gasteiger partial charge in [-0.25, -0.2) is 0 Å². The first-order chi connectivity index (χ1) is 12.9. The molecule has 0 unspecified atom stereocenters. The Morgan fingerprint density at radius 3 is 2.33 bits per heavy atom. The van der Waals surface area contributed by atoms with E-state index >= 15 is 0 Å². The van der Waals surface area contributed by atoms with Gasteiger partial charge in [0.1, 0.15) is 6.04 Å². The Balaban J connectivity index is 1.84. The monoisotopic (exact) mass is 368 g/mol. The first-order valence-corrected chi connectivity index (χ1v) is 9.93. The second kappa shape index (κ2) is 10.1. The Labute approximate surface area is 162 Å². The van der Waals surface area contributed by atoms with Crippen LogP contribution in [0.3, 0.4) is 0 Å². The molecular formula is C23H32N2O2. The molecule has 0 bridgehead atoms. The maximum Gasteiger partial charge on any atom is 0.242 e. The van der Waals surface area contributed by atoms with E-state index in [4.69, 9.17) is 0 Å². The van der Waals surface area contributed by atoms with E-state index in [1.54, 1.807) is 6.92 Å². The van der Waals surface area contributed by atoms with Crippen LogP contribution in [0.2, 0.25) is 0 Å². The summed E-state index contributed by atoms with van der Waals surface area (Å²) in [6.07, 6.45) is 3.49. The molecule has 0 aliphatic heterocycles. The van der Waals surface area contributed by atoms with Crippen LogP contribution in [0.4, 0.5) is 0 Å². The zero-order valence-corrected chi connectivity index (χ0v) is 16.9. The fourth-order valence-corrected chi connectivity index (χ4v) is 3.25. The minimum Gasteiger partial charge on any atom is -0.352 e. The third-order valence-corrected chi connectivity index (χ3v) is 4.81. The Morgan fingerprint density at radius 2 is 1.59 bits per heavy atom. The SMILES string of the molecule is CC(C)CCC[C@@H](C)NC(=O)[C@@H](C)NC(=O)Cc1cccc2ccccc12. The highest BCUT2D eigenvalue weighted by atomic mass is 16.2. The van der Waals surface area contributed by atoms with Gasteiger partial charge >= 0.3 is 0 Å². The molecule has 0 aliphatic rings. The molecule has 2 atom stereocenters. The fourth-order valence-electron chi connectivity index (χ4n) is 3.25. The first-order valence-electron chi connectivity index (χ1n) is 9.93. The number of benzene rings is 2. The van der Waals surface area contributed by atoms with Gasteiger partial charge in [0.2, 0.25) is 11.8 Å². The minimum absolute atomic E-state index is 0.119. The van der Waals surface area contributed by atoms with E-state index in [0.717, 1.165) is 35.6 Å². The molecule has 2 rings (SSSR count). The summed E-state index contributed by atoms with van der Waals surface area (Å²) in [5.74, 6) is 0.417. The van der Waals surface area contributed by atoms with E-state index in [9.17, 15) is 9.59 Å². The van der Waals surface area contributed by atoms with E-state index in [1.807, 2.05) is 49.4 Å². The van der Waals surface area contributed by atoms with Crippen LogP contribution >= 0.6 is 0 Å². The summed E-state index contributed by atoms with van der Waals surface area (Å²) >= 11 is 0. The topological polar surface area (TPSA) is 58.2 Å². The Hall–Kier alpha value is -2.36. The fraction of sp³-hybridized carbons (Fsp3) is 0.478. The van der Waals surface area contributed by atoms with Crippen molar-refractivity contribution < 1.29 is 9.59 Å². The van der Waals surface area contributed by atoms with Crippen molar-refractivity contribution >= 4 is 22.6 Å². The van der Waals surface area contributed by atoms with Gasteiger partial charge in [0, 0.05) is 6.04 Å². The van der Waals surface area contributed by atoms with E-state index in [-0.39, 0.29) is 24.3 Å². The van der Waals surface area contributed by atoms with Crippen LogP contribution in [0.15, 0.2) is 42.5 Å². The van der Waals surface area contributed by atoms with Crippen molar-refractivity contribution in [1.82, 2.24) is 10.6 Å². The molecule has 0 saturated carbocycles. The second-order valence-electron chi connectivity index (χ2n) is 7.84. The quantitative estimate of drug-likeness (QED) is 0.696. The van der Waals surface area contributed by atoms with Gasteiger partial charge < -0.3 is 10.6 Å². The third kappa shape index (κ3) is 6.70. The Bertz CT molecular complexity index is 765. The van der Waals surface area contributed by atoms with Gasteiger partial charge in [-0.1, -0.05) is 69.2 Å². The van der Waals surface area contributed by atoms with Crippen LogP contribution in [0.25, 0.3) is 10.8 Å². The lowest BCUT2D eigenvalue weighted by molar-refractivity contribution is -0.128. The molecule has 2 N–H and O–H groups in total. The zero-order valence-electron chi connectivity index (χ0n) is 16.9. The maximum absolute atomic E-state index is 12.4. The number of rotatable bonds is 9. The number of fused-ring (bicyclic) bond motifs is 1. The van der Waals surface area contributed by atoms with Crippen LogP contribution in [0.5, 0.6) is 0 Å². The lowest BCUT2D eigenvalue weighted by Crippen LogP contribution is -2.47. The summed E-state index contributed by atoms with van der Waals surface area (Å²) in [6.45, 7) is 8.16. The van der Waals surface area contributed by atoms with E-state index in [2.05, 4.69) is 24.5 Å². The van der Waals surface area contributed by atoms with E-state index < -0.39 is 6.04 Å². The smallest absolute Gasteiger partial charge is 0.242 e. The number of amides is 2. The Morgan fingerprint density at radius 1 is 0.889 bits per heavy atom. The predicted molar refractivity (Wildman–Crippen MR) is 112 cm³/mol. The summed E-state index contributed by atoms with van der Waals surface area (Å²) < 4.78 is 0. The molecule has 2 aromatic rings. The van der Waals surface area contributed by atoms with Crippen molar-refractivity contribution in [3.05, 3.63) is 48.0 Å². The van der Waals surface area contributed by atoms with Crippen LogP contribution in [-0.4, -0.2) is 23.9 Å². The van der Waals surface area contributed by atoms with Crippen molar-refractivity contribution in [2.45, 2.75) is 65.5 Å². The van der Waals surface area contributed by atoms with Crippen molar-refractivity contribution in [3.63, 3.8) is 0 Å². The minimum atomic E-state index is -0.542. The van der Waals surface area contributed by atoms with E-state index in [0.29, 0.717) is 5.92 Å². The molecule has 0 aliphatic carbocycles. The summed E-state index contributed by atoms with van der Waals surface area (Å²) in [5, 5.41) is 8.01. The third-order valence-electron chi connectivity index (χ3n) is 4.81. The van der Waals surface area contributed by atoms with Crippen molar-refractivity contribution in [2.24, 2.45) is 5.92 Å². The van der Waals surface area contributed by atoms with Gasteiger partial charge in [0.25, 0.3) is 0 Å². The molecule has 0 heterocycles. The summed E-state index contributed by atoms with van der Waals surface area (Å²) in [7, 11) is 0. The molecule has 0 spiro atoms. The van der Waals surface area contributed by atoms with Crippen molar-refractivity contribution in [1.29, 1.82) is 0 Å². The molecule has 27 heavy (non-hydrogen) atoms. The zero-order chi connectivity index (χ0) is 19.8. The molecular weight excluding hydrogens is 336 g/mol. The highest BCUT2D eigenvalue weighted by Crippen LogP contribution is 2.18. The van der Waals surface area contributed by atoms with Gasteiger partial charge in [-0.2, -0.15) is 0 Å². The van der Waals surface area contributed by atoms with E-state index in [1.165, 1.54) is 0 Å². The number of carbonyl (C=O) groups excluding carboxylic acids is 2. The van der Waals surface area contributed by atoms with Crippen molar-refractivity contribution in [3.8, 4) is 0 Å². The summed E-state index contributed by atoms with van der Waals surface area (Å²) in [5.41, 5.74) is 0.972. The van der Waals surface area contributed by atoms with Crippen LogP contribution < -0.4 is 10.6 Å². The molecule has 0 aromatic heterocycles. The molecule has 4 nitrogen and oxygen atoms in total. The number of carbonyl (C=O) groups is 2. The first kappa shape index (κ1) is 20.9. The average molecular weight is 369 g/mol. The molecule has 146 valence electrons. The molecule has 0 fully saturated rings. The summed E-state index contributed by atoms with van der Waals surface area (Å²) in [6, 6.07) is 13.5. The van der Waals surface area contributed by atoms with Gasteiger partial charge in [0.15, 0.2) is 0 Å². The normalized spacial score (nSPS) is 13.4. The molecule has 0 saturated heterocycles. The molecule has 2 amide bonds. The average Bonchev–Trinajstić information content (AvgIpc) is 2.61. The standard InChI is InChI=1S/C23H32N2O2/c1-16(2)9-7-10-17(3)24-23(27)18(4)25-22(26)15-20-13-8-12-19-11-5-6-14-21(19)20/h5-6,8,11-14,16-18H,7,9-10,15H2,1-4H3,(H,24,27)(H,25,26)/t17-,18-/m1/s1. The largest absolute Gasteiger partial charge is 0.352 e. The predicted octanol–water partition coefficient (Wildman–Crippen LogP) is 4.22. The molecule has 2 aromatic carbocycles. The van der Waals surface area contributed by atoms with Crippen molar-refractivity contribution in [2.75, 3.05) is 0 Å². The molecule has 0 radical (unpaired) electrons. The highest BCUT2D eigenvalue weighted by Gasteiger charge is 2.18. The van der Waals surface area contributed by atoms with Crippen LogP contribution in [0, 0.1) is 5.92 Å². The lowest BCUT2D eigenvalue weighted by atomic mass is 10.0. The van der Waals surface area contributed by atoms with Gasteiger partial charge in [0.05, 0.1) is 6.42 Å². The number of nitrogens with one attached hydrogen (secondary N) is 2. The summed E-state index contributed by atoms with van der Waals surface area (Å²) in [4.78, 5) is 24.7. The maximum atomic E-state index is 12.4. The van der Waals surface area contributed by atoms with Gasteiger partial charge in [-0.05, 0) is 42.5 Å². The Kier molecular flexibility index (Phi) is 7.83. The number of hydrogen-bond donors (Lipinski definition) is 2.